The summed E-state index contributed by atoms with van der Waals surface area (Å²) in [5, 5.41) is 0. The molecule has 3 rings (SSSR count). The van der Waals surface area contributed by atoms with Crippen LogP contribution in [0.1, 0.15) is 25.0 Å². The Kier molecular flexibility index (Phi) is 4.53. The monoisotopic (exact) mass is 371 g/mol. The SMILES string of the molecule is CCOc1ccc(Br)cc1/C=C1\C(=O)N(CC)c2ccccc21. The van der Waals surface area contributed by atoms with Crippen molar-refractivity contribution in [2.45, 2.75) is 13.8 Å². The molecule has 0 spiro atoms. The Morgan fingerprint density at radius 3 is 2.70 bits per heavy atom. The van der Waals surface area contributed by atoms with E-state index in [1.807, 2.05) is 62.4 Å². The van der Waals surface area contributed by atoms with Gasteiger partial charge in [0.15, 0.2) is 0 Å². The van der Waals surface area contributed by atoms with Crippen molar-refractivity contribution in [3.05, 3.63) is 58.1 Å². The molecule has 4 heteroatoms. The summed E-state index contributed by atoms with van der Waals surface area (Å²) < 4.78 is 6.65. The Morgan fingerprint density at radius 2 is 1.96 bits per heavy atom. The van der Waals surface area contributed by atoms with Crippen molar-refractivity contribution in [1.82, 2.24) is 0 Å². The molecule has 0 unspecified atom stereocenters. The van der Waals surface area contributed by atoms with Crippen molar-refractivity contribution in [1.29, 1.82) is 0 Å². The standard InChI is InChI=1S/C19H18BrNO2/c1-3-21-17-8-6-5-7-15(17)16(19(21)22)12-13-11-14(20)9-10-18(13)23-4-2/h5-12H,3-4H2,1-2H3/b16-12-. The van der Waals surface area contributed by atoms with Gasteiger partial charge in [0.25, 0.3) is 5.91 Å². The van der Waals surface area contributed by atoms with Gasteiger partial charge in [0.05, 0.1) is 12.3 Å². The summed E-state index contributed by atoms with van der Waals surface area (Å²) >= 11 is 3.49. The fourth-order valence-electron chi connectivity index (χ4n) is 2.83. The molecule has 1 aliphatic rings. The highest BCUT2D eigenvalue weighted by Gasteiger charge is 2.30. The Hall–Kier alpha value is -2.07. The summed E-state index contributed by atoms with van der Waals surface area (Å²) in [5.74, 6) is 0.819. The molecule has 2 aromatic rings. The van der Waals surface area contributed by atoms with Crippen LogP contribution in [-0.4, -0.2) is 19.1 Å². The number of ether oxygens (including phenoxy) is 1. The number of anilines is 1. The van der Waals surface area contributed by atoms with Crippen molar-refractivity contribution < 1.29 is 9.53 Å². The van der Waals surface area contributed by atoms with Crippen LogP contribution in [0.4, 0.5) is 5.69 Å². The van der Waals surface area contributed by atoms with Crippen molar-refractivity contribution in [3.63, 3.8) is 0 Å². The number of fused-ring (bicyclic) bond motifs is 1. The second kappa shape index (κ2) is 6.59. The first-order valence-corrected chi connectivity index (χ1v) is 8.50. The molecule has 3 nitrogen and oxygen atoms in total. The Bertz CT molecular complexity index is 783. The van der Waals surface area contributed by atoms with E-state index in [0.717, 1.165) is 27.0 Å². The fraction of sp³-hybridized carbons (Fsp3) is 0.211. The van der Waals surface area contributed by atoms with E-state index in [1.165, 1.54) is 0 Å². The summed E-state index contributed by atoms with van der Waals surface area (Å²) in [7, 11) is 0. The minimum atomic E-state index is 0.0381. The molecule has 0 aromatic heterocycles. The molecular formula is C19H18BrNO2. The van der Waals surface area contributed by atoms with E-state index >= 15 is 0 Å². The predicted octanol–water partition coefficient (Wildman–Crippen LogP) is 4.75. The lowest BCUT2D eigenvalue weighted by Crippen LogP contribution is -2.25. The van der Waals surface area contributed by atoms with Gasteiger partial charge in [-0.3, -0.25) is 4.79 Å². The van der Waals surface area contributed by atoms with E-state index < -0.39 is 0 Å². The maximum absolute atomic E-state index is 12.8. The van der Waals surface area contributed by atoms with E-state index in [1.54, 1.807) is 4.90 Å². The summed E-state index contributed by atoms with van der Waals surface area (Å²) in [5.41, 5.74) is 3.56. The number of benzene rings is 2. The first-order valence-electron chi connectivity index (χ1n) is 7.71. The number of halogens is 1. The minimum absolute atomic E-state index is 0.0381. The van der Waals surface area contributed by atoms with Crippen LogP contribution in [0.5, 0.6) is 5.75 Å². The lowest BCUT2D eigenvalue weighted by atomic mass is 10.0. The number of amides is 1. The van der Waals surface area contributed by atoms with E-state index in [2.05, 4.69) is 15.9 Å². The Balaban J connectivity index is 2.13. The molecule has 0 bridgehead atoms. The lowest BCUT2D eigenvalue weighted by molar-refractivity contribution is -0.112. The second-order valence-corrected chi connectivity index (χ2v) is 6.16. The largest absolute Gasteiger partial charge is 0.493 e. The molecule has 0 N–H and O–H groups in total. The van der Waals surface area contributed by atoms with Gasteiger partial charge >= 0.3 is 0 Å². The van der Waals surface area contributed by atoms with Gasteiger partial charge in [-0.15, -0.1) is 0 Å². The average Bonchev–Trinajstić information content (AvgIpc) is 2.82. The molecule has 2 aromatic carbocycles. The van der Waals surface area contributed by atoms with Crippen molar-refractivity contribution in [2.75, 3.05) is 18.1 Å². The zero-order valence-corrected chi connectivity index (χ0v) is 14.8. The topological polar surface area (TPSA) is 29.5 Å². The van der Waals surface area contributed by atoms with Gasteiger partial charge in [-0.25, -0.2) is 0 Å². The number of carbonyl (C=O) groups is 1. The number of nitrogens with zero attached hydrogens (tertiary/aromatic N) is 1. The Morgan fingerprint density at radius 1 is 1.17 bits per heavy atom. The second-order valence-electron chi connectivity index (χ2n) is 5.24. The molecule has 1 heterocycles. The van der Waals surface area contributed by atoms with Crippen molar-refractivity contribution in [2.24, 2.45) is 0 Å². The fourth-order valence-corrected chi connectivity index (χ4v) is 3.21. The van der Waals surface area contributed by atoms with Gasteiger partial charge in [0.2, 0.25) is 0 Å². The zero-order chi connectivity index (χ0) is 16.4. The van der Waals surface area contributed by atoms with Gasteiger partial charge in [-0.1, -0.05) is 34.1 Å². The first-order chi connectivity index (χ1) is 11.2. The van der Waals surface area contributed by atoms with Crippen molar-refractivity contribution in [3.8, 4) is 5.75 Å². The van der Waals surface area contributed by atoms with Crippen LogP contribution in [0.2, 0.25) is 0 Å². The molecule has 0 radical (unpaired) electrons. The summed E-state index contributed by atoms with van der Waals surface area (Å²) in [4.78, 5) is 14.6. The summed E-state index contributed by atoms with van der Waals surface area (Å²) in [6.45, 7) is 5.18. The number of likely N-dealkylation sites (N-methyl/N-ethyl adjacent to an activating group) is 1. The third-order valence-electron chi connectivity index (χ3n) is 3.85. The third kappa shape index (κ3) is 2.91. The molecule has 23 heavy (non-hydrogen) atoms. The first kappa shape index (κ1) is 15.8. The van der Waals surface area contributed by atoms with E-state index in [9.17, 15) is 4.79 Å². The van der Waals surface area contributed by atoms with Gasteiger partial charge in [0.1, 0.15) is 5.75 Å². The lowest BCUT2D eigenvalue weighted by Gasteiger charge is -2.13. The third-order valence-corrected chi connectivity index (χ3v) is 4.34. The number of hydrogen-bond acceptors (Lipinski definition) is 2. The molecule has 1 amide bonds. The van der Waals surface area contributed by atoms with Gasteiger partial charge in [-0.2, -0.15) is 0 Å². The predicted molar refractivity (Wildman–Crippen MR) is 97.7 cm³/mol. The van der Waals surface area contributed by atoms with E-state index in [0.29, 0.717) is 18.7 Å². The quantitative estimate of drug-likeness (QED) is 0.725. The van der Waals surface area contributed by atoms with Crippen LogP contribution >= 0.6 is 15.9 Å². The molecule has 1 aliphatic heterocycles. The highest BCUT2D eigenvalue weighted by Crippen LogP contribution is 2.38. The van der Waals surface area contributed by atoms with Crippen LogP contribution in [0.25, 0.3) is 11.6 Å². The highest BCUT2D eigenvalue weighted by atomic mass is 79.9. The molecule has 0 aliphatic carbocycles. The number of rotatable bonds is 4. The normalized spacial score (nSPS) is 15.2. The minimum Gasteiger partial charge on any atom is -0.493 e. The van der Waals surface area contributed by atoms with Crippen LogP contribution in [0.3, 0.4) is 0 Å². The maximum Gasteiger partial charge on any atom is 0.258 e. The number of para-hydroxylation sites is 1. The van der Waals surface area contributed by atoms with Crippen LogP contribution in [0, 0.1) is 0 Å². The van der Waals surface area contributed by atoms with Crippen LogP contribution < -0.4 is 9.64 Å². The van der Waals surface area contributed by atoms with Crippen LogP contribution in [0.15, 0.2) is 46.9 Å². The molecule has 0 atom stereocenters. The number of hydrogen-bond donors (Lipinski definition) is 0. The smallest absolute Gasteiger partial charge is 0.258 e. The van der Waals surface area contributed by atoms with Crippen LogP contribution in [-0.2, 0) is 4.79 Å². The number of carbonyl (C=O) groups excluding carboxylic acids is 1. The van der Waals surface area contributed by atoms with Gasteiger partial charge in [0, 0.05) is 27.7 Å². The van der Waals surface area contributed by atoms with Crippen molar-refractivity contribution >= 4 is 39.2 Å². The molecule has 0 fully saturated rings. The highest BCUT2D eigenvalue weighted by molar-refractivity contribution is 9.10. The molecule has 0 saturated heterocycles. The molecule has 0 saturated carbocycles. The van der Waals surface area contributed by atoms with Gasteiger partial charge in [-0.05, 0) is 44.2 Å². The molecule has 118 valence electrons. The van der Waals surface area contributed by atoms with E-state index in [4.69, 9.17) is 4.74 Å². The molecular weight excluding hydrogens is 354 g/mol. The summed E-state index contributed by atoms with van der Waals surface area (Å²) in [6.07, 6.45) is 1.92. The zero-order valence-electron chi connectivity index (χ0n) is 13.2. The maximum atomic E-state index is 12.8. The van der Waals surface area contributed by atoms with Gasteiger partial charge < -0.3 is 9.64 Å². The van der Waals surface area contributed by atoms with E-state index in [-0.39, 0.29) is 5.91 Å². The Labute approximate surface area is 144 Å². The average molecular weight is 372 g/mol. The summed E-state index contributed by atoms with van der Waals surface area (Å²) in [6, 6.07) is 13.7.